The summed E-state index contributed by atoms with van der Waals surface area (Å²) in [7, 11) is 0. The number of aromatic nitrogens is 2. The second-order valence-corrected chi connectivity index (χ2v) is 5.76. The van der Waals surface area contributed by atoms with Gasteiger partial charge in [-0.3, -0.25) is 4.79 Å². The van der Waals surface area contributed by atoms with Crippen LogP contribution in [0.4, 0.5) is 11.8 Å². The van der Waals surface area contributed by atoms with E-state index in [0.717, 1.165) is 11.8 Å². The molecular formula is C14H19N5O. The molecule has 2 aliphatic rings. The van der Waals surface area contributed by atoms with E-state index in [9.17, 15) is 4.79 Å². The lowest BCUT2D eigenvalue weighted by molar-refractivity contribution is -0.114. The number of hydrogen-bond donors (Lipinski definition) is 3. The van der Waals surface area contributed by atoms with E-state index in [0.29, 0.717) is 5.57 Å². The van der Waals surface area contributed by atoms with E-state index >= 15 is 0 Å². The van der Waals surface area contributed by atoms with Gasteiger partial charge in [0.05, 0.1) is 12.2 Å². The second kappa shape index (κ2) is 4.40. The number of H-pyrrole nitrogens is 1. The van der Waals surface area contributed by atoms with Gasteiger partial charge in [0.15, 0.2) is 0 Å². The minimum absolute atomic E-state index is 0.0259. The first-order valence-corrected chi connectivity index (χ1v) is 6.78. The largest absolute Gasteiger partial charge is 0.366 e. The lowest BCUT2D eigenvalue weighted by Crippen LogP contribution is -2.31. The number of aromatic amines is 1. The van der Waals surface area contributed by atoms with Crippen LogP contribution in [0.3, 0.4) is 0 Å². The van der Waals surface area contributed by atoms with Crippen molar-refractivity contribution in [1.82, 2.24) is 9.97 Å². The highest BCUT2D eigenvalue weighted by atomic mass is 16.1. The predicted octanol–water partition coefficient (Wildman–Crippen LogP) is 1.51. The van der Waals surface area contributed by atoms with Gasteiger partial charge in [0.25, 0.3) is 0 Å². The molecule has 1 unspecified atom stereocenters. The van der Waals surface area contributed by atoms with E-state index in [-0.39, 0.29) is 11.6 Å². The summed E-state index contributed by atoms with van der Waals surface area (Å²) < 4.78 is 0. The number of anilines is 2. The second-order valence-electron chi connectivity index (χ2n) is 5.76. The monoisotopic (exact) mass is 273 g/mol. The fraction of sp³-hybridized carbons (Fsp3) is 0.429. The quantitative estimate of drug-likeness (QED) is 0.776. The molecule has 1 amide bonds. The van der Waals surface area contributed by atoms with Crippen molar-refractivity contribution >= 4 is 17.7 Å². The van der Waals surface area contributed by atoms with E-state index in [1.54, 1.807) is 12.3 Å². The van der Waals surface area contributed by atoms with Crippen molar-refractivity contribution in [1.29, 1.82) is 0 Å². The zero-order valence-corrected chi connectivity index (χ0v) is 11.7. The number of carbonyl (C=O) groups is 1. The van der Waals surface area contributed by atoms with Gasteiger partial charge >= 0.3 is 0 Å². The van der Waals surface area contributed by atoms with Crippen molar-refractivity contribution in [2.75, 3.05) is 10.2 Å². The van der Waals surface area contributed by atoms with Crippen LogP contribution in [0.1, 0.15) is 26.7 Å². The number of primary amides is 1. The van der Waals surface area contributed by atoms with Gasteiger partial charge in [0.2, 0.25) is 11.9 Å². The molecule has 106 valence electrons. The third-order valence-electron chi connectivity index (χ3n) is 3.80. The Balaban J connectivity index is 1.74. The summed E-state index contributed by atoms with van der Waals surface area (Å²) in [4.78, 5) is 20.8. The number of nitrogens with zero attached hydrogens (tertiary/aromatic N) is 2. The Morgan fingerprint density at radius 3 is 2.95 bits per heavy atom. The maximum absolute atomic E-state index is 11.2. The summed E-state index contributed by atoms with van der Waals surface area (Å²) in [6, 6.07) is 0.0259. The number of nitrogens with one attached hydrogen (secondary N) is 2. The molecule has 1 atom stereocenters. The van der Waals surface area contributed by atoms with Gasteiger partial charge in [0.1, 0.15) is 5.82 Å². The van der Waals surface area contributed by atoms with Crippen molar-refractivity contribution in [3.63, 3.8) is 0 Å². The first-order chi connectivity index (χ1) is 9.47. The van der Waals surface area contributed by atoms with Crippen LogP contribution in [0.25, 0.3) is 0 Å². The zero-order valence-electron chi connectivity index (χ0n) is 11.7. The average Bonchev–Trinajstić information content (AvgIpc) is 2.94. The molecule has 20 heavy (non-hydrogen) atoms. The van der Waals surface area contributed by atoms with Crippen molar-refractivity contribution in [3.8, 4) is 0 Å². The van der Waals surface area contributed by atoms with Crippen molar-refractivity contribution in [2.45, 2.75) is 38.3 Å². The van der Waals surface area contributed by atoms with E-state index in [1.165, 1.54) is 12.8 Å². The minimum atomic E-state index is -0.406. The van der Waals surface area contributed by atoms with Crippen LogP contribution in [-0.4, -0.2) is 27.5 Å². The highest BCUT2D eigenvalue weighted by Crippen LogP contribution is 2.38. The molecule has 1 aliphatic heterocycles. The molecule has 6 nitrogen and oxygen atoms in total. The van der Waals surface area contributed by atoms with E-state index in [1.807, 2.05) is 24.1 Å². The molecule has 1 aromatic rings. The van der Waals surface area contributed by atoms with Gasteiger partial charge in [0, 0.05) is 17.3 Å². The lowest BCUT2D eigenvalue weighted by Gasteiger charge is -2.26. The number of rotatable bonds is 4. The summed E-state index contributed by atoms with van der Waals surface area (Å²) in [6.45, 7) is 4.18. The third-order valence-corrected chi connectivity index (χ3v) is 3.80. The summed E-state index contributed by atoms with van der Waals surface area (Å²) in [5.41, 5.74) is 6.03. The molecule has 0 spiro atoms. The van der Waals surface area contributed by atoms with Crippen LogP contribution in [0, 0.1) is 0 Å². The van der Waals surface area contributed by atoms with Crippen LogP contribution < -0.4 is 16.0 Å². The van der Waals surface area contributed by atoms with Gasteiger partial charge < -0.3 is 20.9 Å². The molecule has 1 fully saturated rings. The number of carbonyl (C=O) groups excluding carboxylic acids is 1. The van der Waals surface area contributed by atoms with Crippen molar-refractivity contribution in [3.05, 3.63) is 30.1 Å². The first kappa shape index (κ1) is 12.8. The van der Waals surface area contributed by atoms with E-state index < -0.39 is 5.91 Å². The Morgan fingerprint density at radius 1 is 1.60 bits per heavy atom. The molecule has 2 heterocycles. The zero-order chi connectivity index (χ0) is 14.3. The maximum Gasteiger partial charge on any atom is 0.248 e. The predicted molar refractivity (Wildman–Crippen MR) is 78.2 cm³/mol. The molecule has 1 saturated carbocycles. The molecular weight excluding hydrogens is 254 g/mol. The Labute approximate surface area is 117 Å². The molecule has 0 bridgehead atoms. The number of nitrogens with two attached hydrogens (primary N) is 1. The highest BCUT2D eigenvalue weighted by Gasteiger charge is 2.37. The van der Waals surface area contributed by atoms with Crippen LogP contribution in [0.2, 0.25) is 0 Å². The van der Waals surface area contributed by atoms with Crippen LogP contribution in [0.5, 0.6) is 0 Å². The van der Waals surface area contributed by atoms with Crippen molar-refractivity contribution in [2.24, 2.45) is 5.73 Å². The van der Waals surface area contributed by atoms with Crippen LogP contribution in [-0.2, 0) is 4.79 Å². The van der Waals surface area contributed by atoms with Gasteiger partial charge in [-0.2, -0.15) is 0 Å². The fourth-order valence-electron chi connectivity index (χ4n) is 2.26. The standard InChI is InChI=1S/C14H19N5O/c1-9-7-10(12(15)20)3-6-19(9)13-16-8-11(17-13)18-14(2)4-5-14/h3,6-9,18H,4-5H2,1-2H3,(H2,15,20)(H,16,17). The summed E-state index contributed by atoms with van der Waals surface area (Å²) in [5, 5.41) is 3.44. The maximum atomic E-state index is 11.2. The molecule has 0 radical (unpaired) electrons. The normalized spacial score (nSPS) is 23.4. The van der Waals surface area contributed by atoms with Gasteiger partial charge in [-0.15, -0.1) is 0 Å². The Hall–Kier alpha value is -2.24. The molecule has 1 aromatic heterocycles. The first-order valence-electron chi connectivity index (χ1n) is 6.78. The molecule has 6 heteroatoms. The summed E-state index contributed by atoms with van der Waals surface area (Å²) in [6.07, 6.45) is 9.54. The van der Waals surface area contributed by atoms with Crippen LogP contribution >= 0.6 is 0 Å². The fourth-order valence-corrected chi connectivity index (χ4v) is 2.26. The summed E-state index contributed by atoms with van der Waals surface area (Å²) >= 11 is 0. The Morgan fingerprint density at radius 2 is 2.35 bits per heavy atom. The molecule has 4 N–H and O–H groups in total. The van der Waals surface area contributed by atoms with Crippen LogP contribution in [0.15, 0.2) is 30.1 Å². The molecule has 0 aromatic carbocycles. The van der Waals surface area contributed by atoms with Gasteiger partial charge in [-0.25, -0.2) is 4.98 Å². The molecule has 1 aliphatic carbocycles. The Bertz CT molecular complexity index is 596. The van der Waals surface area contributed by atoms with E-state index in [4.69, 9.17) is 5.73 Å². The Kier molecular flexibility index (Phi) is 2.81. The molecule has 0 saturated heterocycles. The lowest BCUT2D eigenvalue weighted by atomic mass is 10.1. The van der Waals surface area contributed by atoms with Crippen molar-refractivity contribution < 1.29 is 4.79 Å². The smallest absolute Gasteiger partial charge is 0.248 e. The number of hydrogen-bond acceptors (Lipinski definition) is 4. The van der Waals surface area contributed by atoms with E-state index in [2.05, 4.69) is 22.2 Å². The van der Waals surface area contributed by atoms with Gasteiger partial charge in [-0.1, -0.05) is 0 Å². The third kappa shape index (κ3) is 2.41. The topological polar surface area (TPSA) is 87.0 Å². The minimum Gasteiger partial charge on any atom is -0.366 e. The molecule has 3 rings (SSSR count). The number of imidazole rings is 1. The highest BCUT2D eigenvalue weighted by molar-refractivity contribution is 5.95. The van der Waals surface area contributed by atoms with Gasteiger partial charge in [-0.05, 0) is 38.8 Å². The number of amides is 1. The average molecular weight is 273 g/mol. The SMILES string of the molecule is CC1C=C(C(N)=O)C=CN1c1ncc(NC2(C)CC2)[nH]1. The summed E-state index contributed by atoms with van der Waals surface area (Å²) in [5.74, 6) is 1.27.